The van der Waals surface area contributed by atoms with E-state index < -0.39 is 0 Å². The molecule has 0 saturated heterocycles. The number of carbonyl (C=O) groups is 1. The monoisotopic (exact) mass is 513 g/mol. The molecule has 4 rings (SSSR count). The number of esters is 1. The first-order chi connectivity index (χ1) is 16.5. The minimum atomic E-state index is -0.355. The molecule has 2 aliphatic carbocycles. The van der Waals surface area contributed by atoms with Crippen LogP contribution in [0.5, 0.6) is 0 Å². The quantitative estimate of drug-likeness (QED) is 0.300. The second kappa shape index (κ2) is 17.1. The standard InChI is InChI=1S/C25H31NO2.3CO.Cr/c1-17(26(2)3)21-11-7-8-12-22(21)24(19-9-5-4-6-10-19)28-25(27)23-16-18-13-14-20(23)15-18;3*1-2;/h4-12,17-18,20,23-24H,13-16H2,1-3H3;;;;/t17-,18-,20+,23-,24+;;;;/m1..../s1. The Morgan fingerprint density at radius 2 is 1.43 bits per heavy atom. The van der Waals surface area contributed by atoms with Gasteiger partial charge in [0.25, 0.3) is 0 Å². The first kappa shape index (κ1) is 32.6. The summed E-state index contributed by atoms with van der Waals surface area (Å²) < 4.78 is 28.8. The Hall–Kier alpha value is -2.38. The van der Waals surface area contributed by atoms with Gasteiger partial charge in [0.05, 0.1) is 5.92 Å². The normalized spacial score (nSPS) is 20.7. The zero-order valence-electron chi connectivity index (χ0n) is 20.3. The molecule has 0 radical (unpaired) electrons. The number of fused-ring (bicyclic) bond motifs is 2. The van der Waals surface area contributed by atoms with E-state index in [0.29, 0.717) is 5.92 Å². The number of nitrogens with zero attached hydrogens (tertiary/aromatic N) is 1. The molecule has 0 spiro atoms. The van der Waals surface area contributed by atoms with Crippen LogP contribution in [0, 0.1) is 37.7 Å². The summed E-state index contributed by atoms with van der Waals surface area (Å²) in [4.78, 5) is 15.4. The fourth-order valence-corrected chi connectivity index (χ4v) is 5.08. The Kier molecular flexibility index (Phi) is 16.0. The van der Waals surface area contributed by atoms with Crippen LogP contribution in [-0.2, 0) is 40.8 Å². The van der Waals surface area contributed by atoms with Crippen molar-refractivity contribution in [1.29, 1.82) is 0 Å². The second-order valence-electron chi connectivity index (χ2n) is 8.78. The molecule has 0 amide bonds. The van der Waals surface area contributed by atoms with Gasteiger partial charge in [0, 0.05) is 29.0 Å². The molecule has 7 heteroatoms. The van der Waals surface area contributed by atoms with Gasteiger partial charge in [-0.2, -0.15) is 0 Å². The van der Waals surface area contributed by atoms with Gasteiger partial charge < -0.3 is 9.64 Å². The summed E-state index contributed by atoms with van der Waals surface area (Å²) in [6.45, 7) is 15.7. The molecule has 5 atom stereocenters. The Bertz CT molecular complexity index is 942. The van der Waals surface area contributed by atoms with E-state index in [2.05, 4.69) is 76.2 Å². The van der Waals surface area contributed by atoms with Crippen molar-refractivity contribution in [2.24, 2.45) is 17.8 Å². The van der Waals surface area contributed by atoms with Crippen molar-refractivity contribution in [2.75, 3.05) is 14.1 Å². The van der Waals surface area contributed by atoms with Gasteiger partial charge in [0.15, 0.2) is 6.10 Å². The zero-order valence-corrected chi connectivity index (χ0v) is 21.6. The average Bonchev–Trinajstić information content (AvgIpc) is 3.55. The van der Waals surface area contributed by atoms with Crippen LogP contribution in [-0.4, -0.2) is 25.0 Å². The number of ether oxygens (including phenoxy) is 1. The number of hydrogen-bond acceptors (Lipinski definition) is 3. The fourth-order valence-electron chi connectivity index (χ4n) is 5.08. The molecule has 0 aromatic heterocycles. The van der Waals surface area contributed by atoms with Crippen molar-refractivity contribution in [3.05, 3.63) is 91.2 Å². The van der Waals surface area contributed by atoms with Crippen molar-refractivity contribution < 1.29 is 40.8 Å². The molecule has 2 aromatic rings. The minimum absolute atomic E-state index is 0. The SMILES string of the molecule is C[C@H](c1ccccc1[C@@H](OC(=O)[C@@H]1C[C@@H]2CC[C@H]1C2)c1ccccc1)N(C)C.[C-]#[O+].[C-]#[O+].[C-]#[O+].[Cr]. The number of benzene rings is 2. The molecule has 0 unspecified atom stereocenters. The van der Waals surface area contributed by atoms with Gasteiger partial charge in [0.2, 0.25) is 0 Å². The maximum Gasteiger partial charge on any atom is 0 e. The number of carbonyl (C=O) groups excluding carboxylic acids is 1. The third kappa shape index (κ3) is 8.36. The van der Waals surface area contributed by atoms with Gasteiger partial charge in [-0.05, 0) is 63.2 Å². The van der Waals surface area contributed by atoms with E-state index in [0.717, 1.165) is 23.5 Å². The largest absolute Gasteiger partial charge is 0 e. The van der Waals surface area contributed by atoms with Crippen molar-refractivity contribution in [2.45, 2.75) is 44.8 Å². The topological polar surface area (TPSA) is 89.2 Å². The predicted molar refractivity (Wildman–Crippen MR) is 124 cm³/mol. The van der Waals surface area contributed by atoms with E-state index in [-0.39, 0.29) is 41.4 Å². The molecule has 2 bridgehead atoms. The minimum Gasteiger partial charge on any atom is 0 e. The summed E-state index contributed by atoms with van der Waals surface area (Å²) in [5.74, 6) is 1.35. The van der Waals surface area contributed by atoms with Crippen LogP contribution < -0.4 is 0 Å². The summed E-state index contributed by atoms with van der Waals surface area (Å²) in [7, 11) is 4.17. The van der Waals surface area contributed by atoms with Crippen molar-refractivity contribution in [3.63, 3.8) is 0 Å². The van der Waals surface area contributed by atoms with Crippen LogP contribution in [0.3, 0.4) is 0 Å². The van der Waals surface area contributed by atoms with Crippen molar-refractivity contribution >= 4 is 5.97 Å². The van der Waals surface area contributed by atoms with Gasteiger partial charge in [-0.1, -0.05) is 61.0 Å². The summed E-state index contributed by atoms with van der Waals surface area (Å²) >= 11 is 0. The van der Waals surface area contributed by atoms with E-state index in [1.54, 1.807) is 0 Å². The third-order valence-corrected chi connectivity index (χ3v) is 6.88. The molecular weight excluding hydrogens is 482 g/mol. The van der Waals surface area contributed by atoms with Gasteiger partial charge in [-0.25, -0.2) is 0 Å². The maximum atomic E-state index is 13.2. The van der Waals surface area contributed by atoms with Crippen molar-refractivity contribution in [1.82, 2.24) is 4.90 Å². The predicted octanol–water partition coefficient (Wildman–Crippen LogP) is 5.26. The average molecular weight is 514 g/mol. The first-order valence-corrected chi connectivity index (χ1v) is 11.2. The maximum absolute atomic E-state index is 13.2. The third-order valence-electron chi connectivity index (χ3n) is 6.88. The van der Waals surface area contributed by atoms with E-state index in [9.17, 15) is 4.79 Å². The van der Waals surface area contributed by atoms with Crippen LogP contribution in [0.2, 0.25) is 0 Å². The van der Waals surface area contributed by atoms with Gasteiger partial charge in [-0.3, -0.25) is 4.79 Å². The molecule has 2 fully saturated rings. The molecule has 0 aliphatic heterocycles. The molecule has 35 heavy (non-hydrogen) atoms. The van der Waals surface area contributed by atoms with Crippen LogP contribution in [0.1, 0.15) is 61.4 Å². The molecule has 0 heterocycles. The summed E-state index contributed by atoms with van der Waals surface area (Å²) in [5, 5.41) is 0. The van der Waals surface area contributed by atoms with E-state index >= 15 is 0 Å². The molecule has 184 valence electrons. The summed E-state index contributed by atoms with van der Waals surface area (Å²) in [5.41, 5.74) is 3.34. The van der Waals surface area contributed by atoms with Gasteiger partial charge in [-0.15, -0.1) is 0 Å². The van der Waals surface area contributed by atoms with Gasteiger partial charge >= 0.3 is 39.9 Å². The van der Waals surface area contributed by atoms with E-state index in [1.165, 1.54) is 24.8 Å². The second-order valence-corrected chi connectivity index (χ2v) is 8.78. The molecule has 2 aromatic carbocycles. The summed E-state index contributed by atoms with van der Waals surface area (Å²) in [6, 6.07) is 18.8. The number of hydrogen-bond donors (Lipinski definition) is 0. The van der Waals surface area contributed by atoms with Crippen molar-refractivity contribution in [3.8, 4) is 0 Å². The van der Waals surface area contributed by atoms with E-state index in [4.69, 9.17) is 18.7 Å². The molecule has 2 aliphatic rings. The zero-order chi connectivity index (χ0) is 25.7. The molecule has 6 nitrogen and oxygen atoms in total. The number of rotatable bonds is 6. The Labute approximate surface area is 219 Å². The van der Waals surface area contributed by atoms with E-state index in [1.807, 2.05) is 24.3 Å². The van der Waals surface area contributed by atoms with Crippen LogP contribution in [0.4, 0.5) is 0 Å². The molecule has 0 N–H and O–H groups in total. The Balaban J connectivity index is 0.00000154. The fraction of sp³-hybridized carbons (Fsp3) is 0.429. The van der Waals surface area contributed by atoms with Crippen LogP contribution >= 0.6 is 0 Å². The van der Waals surface area contributed by atoms with Crippen LogP contribution in [0.15, 0.2) is 54.6 Å². The molecule has 2 saturated carbocycles. The summed E-state index contributed by atoms with van der Waals surface area (Å²) in [6.07, 6.45) is 4.35. The first-order valence-electron chi connectivity index (χ1n) is 11.2. The molecular formula is C28H31CrNO5. The van der Waals surface area contributed by atoms with Gasteiger partial charge in [0.1, 0.15) is 0 Å². The van der Waals surface area contributed by atoms with Crippen LogP contribution in [0.25, 0.3) is 0 Å². The smallest absolute Gasteiger partial charge is 0 e. The Morgan fingerprint density at radius 3 is 1.91 bits per heavy atom. The Morgan fingerprint density at radius 1 is 0.886 bits per heavy atom.